The third kappa shape index (κ3) is 6.76. The molecule has 33 heavy (non-hydrogen) atoms. The second-order valence-electron chi connectivity index (χ2n) is 6.75. The summed E-state index contributed by atoms with van der Waals surface area (Å²) in [4.78, 5) is 12.3. The number of halogens is 1. The van der Waals surface area contributed by atoms with Crippen LogP contribution in [-0.2, 0) is 4.79 Å². The molecule has 3 aromatic carbocycles. The predicted octanol–water partition coefficient (Wildman–Crippen LogP) is 5.80. The number of nitrogens with zero attached hydrogens (tertiary/aromatic N) is 1. The van der Waals surface area contributed by atoms with Gasteiger partial charge in [0.25, 0.3) is 0 Å². The lowest BCUT2D eigenvalue weighted by molar-refractivity contribution is -0.136. The van der Waals surface area contributed by atoms with E-state index in [1.165, 1.54) is 7.11 Å². The van der Waals surface area contributed by atoms with E-state index in [1.54, 1.807) is 72.8 Å². The van der Waals surface area contributed by atoms with Gasteiger partial charge in [-0.25, -0.2) is 4.79 Å². The van der Waals surface area contributed by atoms with Gasteiger partial charge >= 0.3 is 5.97 Å². The summed E-state index contributed by atoms with van der Waals surface area (Å²) in [6.07, 6.45) is 1.71. The summed E-state index contributed by atoms with van der Waals surface area (Å²) < 4.78 is 21.6. The number of hydrogen-bond acceptors (Lipinski definition) is 6. The monoisotopic (exact) mass is 463 g/mol. The highest BCUT2D eigenvalue weighted by Gasteiger charge is 2.12. The molecule has 0 radical (unpaired) electrons. The van der Waals surface area contributed by atoms with Crippen LogP contribution in [0, 0.1) is 11.3 Å². The third-order valence-electron chi connectivity index (χ3n) is 4.49. The van der Waals surface area contributed by atoms with E-state index in [4.69, 9.17) is 30.5 Å². The van der Waals surface area contributed by atoms with Crippen LogP contribution < -0.4 is 18.9 Å². The third-order valence-corrected chi connectivity index (χ3v) is 4.74. The van der Waals surface area contributed by atoms with Gasteiger partial charge in [0.2, 0.25) is 0 Å². The van der Waals surface area contributed by atoms with E-state index in [-0.39, 0.29) is 12.4 Å². The van der Waals surface area contributed by atoms with Crippen molar-refractivity contribution in [3.8, 4) is 29.1 Å². The Balaban J connectivity index is 1.67. The average Bonchev–Trinajstić information content (AvgIpc) is 2.83. The maximum Gasteiger partial charge on any atom is 0.349 e. The first-order chi connectivity index (χ1) is 16.0. The Bertz CT molecular complexity index is 1160. The van der Waals surface area contributed by atoms with E-state index in [1.807, 2.05) is 6.92 Å². The summed E-state index contributed by atoms with van der Waals surface area (Å²) in [5.41, 5.74) is 1.91. The largest absolute Gasteiger partial charge is 0.494 e. The Morgan fingerprint density at radius 2 is 1.64 bits per heavy atom. The maximum atomic E-state index is 12.3. The maximum absolute atomic E-state index is 12.3. The highest BCUT2D eigenvalue weighted by atomic mass is 35.5. The van der Waals surface area contributed by atoms with Crippen molar-refractivity contribution in [1.29, 1.82) is 5.26 Å². The van der Waals surface area contributed by atoms with Gasteiger partial charge in [0.05, 0.1) is 25.4 Å². The van der Waals surface area contributed by atoms with Crippen molar-refractivity contribution in [2.45, 2.75) is 6.92 Å². The predicted molar refractivity (Wildman–Crippen MR) is 127 cm³/mol. The number of esters is 1. The van der Waals surface area contributed by atoms with E-state index in [0.717, 1.165) is 11.3 Å². The highest BCUT2D eigenvalue weighted by Crippen LogP contribution is 2.30. The molecule has 0 saturated heterocycles. The number of hydrogen-bond donors (Lipinski definition) is 0. The Labute approximate surface area is 197 Å². The van der Waals surface area contributed by atoms with E-state index in [2.05, 4.69) is 6.07 Å². The molecule has 0 N–H and O–H groups in total. The van der Waals surface area contributed by atoms with E-state index in [9.17, 15) is 10.1 Å². The van der Waals surface area contributed by atoms with Crippen LogP contribution in [0.1, 0.15) is 18.1 Å². The number of nitriles is 1. The van der Waals surface area contributed by atoms with Gasteiger partial charge in [-0.2, -0.15) is 5.26 Å². The van der Waals surface area contributed by atoms with Gasteiger partial charge in [-0.3, -0.25) is 0 Å². The van der Waals surface area contributed by atoms with Crippen LogP contribution in [-0.4, -0.2) is 26.3 Å². The Kier molecular flexibility index (Phi) is 8.34. The van der Waals surface area contributed by atoms with E-state index >= 15 is 0 Å². The summed E-state index contributed by atoms with van der Waals surface area (Å²) in [5, 5.41) is 10.1. The molecule has 3 rings (SSSR count). The second-order valence-corrected chi connectivity index (χ2v) is 7.19. The molecule has 0 amide bonds. The lowest BCUT2D eigenvalue weighted by atomic mass is 10.0. The SMILES string of the molecule is CCOc1ccc(OCC(=O)Oc2ccc(C=C(C#N)c3ccc(Cl)cc3)cc2OC)cc1. The summed E-state index contributed by atoms with van der Waals surface area (Å²) in [6, 6.07) is 21.1. The van der Waals surface area contributed by atoms with Crippen molar-refractivity contribution < 1.29 is 23.7 Å². The molecule has 7 heteroatoms. The van der Waals surface area contributed by atoms with Crippen LogP contribution in [0.25, 0.3) is 11.6 Å². The minimum atomic E-state index is -0.579. The molecule has 3 aromatic rings. The van der Waals surface area contributed by atoms with Crippen LogP contribution in [0.15, 0.2) is 66.7 Å². The Morgan fingerprint density at radius 3 is 2.24 bits per heavy atom. The number of rotatable bonds is 9. The van der Waals surface area contributed by atoms with Crippen LogP contribution >= 0.6 is 11.6 Å². The molecular weight excluding hydrogens is 442 g/mol. The number of methoxy groups -OCH3 is 1. The van der Waals surface area contributed by atoms with Crippen molar-refractivity contribution in [2.24, 2.45) is 0 Å². The zero-order chi connectivity index (χ0) is 23.6. The molecule has 0 atom stereocenters. The molecule has 168 valence electrons. The number of ether oxygens (including phenoxy) is 4. The lowest BCUT2D eigenvalue weighted by Crippen LogP contribution is -2.18. The fourth-order valence-corrected chi connectivity index (χ4v) is 3.05. The minimum absolute atomic E-state index is 0.250. The molecule has 0 bridgehead atoms. The van der Waals surface area contributed by atoms with Gasteiger partial charge in [-0.05, 0) is 72.7 Å². The first-order valence-electron chi connectivity index (χ1n) is 10.1. The summed E-state index contributed by atoms with van der Waals surface area (Å²) in [6.45, 7) is 2.20. The van der Waals surface area contributed by atoms with E-state index < -0.39 is 5.97 Å². The lowest BCUT2D eigenvalue weighted by Gasteiger charge is -2.11. The normalized spacial score (nSPS) is 10.8. The first-order valence-corrected chi connectivity index (χ1v) is 10.5. The highest BCUT2D eigenvalue weighted by molar-refractivity contribution is 6.30. The molecule has 6 nitrogen and oxygen atoms in total. The van der Waals surface area contributed by atoms with Crippen LogP contribution in [0.5, 0.6) is 23.0 Å². The molecule has 0 aromatic heterocycles. The van der Waals surface area contributed by atoms with Crippen LogP contribution in [0.3, 0.4) is 0 Å². The van der Waals surface area contributed by atoms with Gasteiger partial charge in [0, 0.05) is 5.02 Å². The summed E-state index contributed by atoms with van der Waals surface area (Å²) in [5.74, 6) is 1.27. The average molecular weight is 464 g/mol. The zero-order valence-corrected chi connectivity index (χ0v) is 19.0. The van der Waals surface area contributed by atoms with Crippen molar-refractivity contribution in [2.75, 3.05) is 20.3 Å². The number of carbonyl (C=O) groups is 1. The number of benzene rings is 3. The molecular formula is C26H22ClNO5. The fraction of sp³-hybridized carbons (Fsp3) is 0.154. The van der Waals surface area contributed by atoms with Gasteiger partial charge < -0.3 is 18.9 Å². The van der Waals surface area contributed by atoms with Crippen molar-refractivity contribution in [1.82, 2.24) is 0 Å². The van der Waals surface area contributed by atoms with Gasteiger partial charge in [-0.1, -0.05) is 29.8 Å². The Morgan fingerprint density at radius 1 is 0.970 bits per heavy atom. The Hall–Kier alpha value is -3.95. The first kappa shape index (κ1) is 23.7. The molecule has 0 unspecified atom stereocenters. The topological polar surface area (TPSA) is 77.8 Å². The van der Waals surface area contributed by atoms with Crippen molar-refractivity contribution in [3.63, 3.8) is 0 Å². The number of carbonyl (C=O) groups excluding carboxylic acids is 1. The standard InChI is InChI=1S/C26H22ClNO5/c1-3-31-22-9-11-23(12-10-22)32-17-26(29)33-24-13-4-18(15-25(24)30-2)14-20(16-28)19-5-7-21(27)8-6-19/h4-15H,3,17H2,1-2H3. The number of allylic oxidation sites excluding steroid dienone is 1. The quantitative estimate of drug-likeness (QED) is 0.173. The van der Waals surface area contributed by atoms with Gasteiger partial charge in [-0.15, -0.1) is 0 Å². The van der Waals surface area contributed by atoms with E-state index in [0.29, 0.717) is 34.3 Å². The fourth-order valence-electron chi connectivity index (χ4n) is 2.93. The van der Waals surface area contributed by atoms with Crippen molar-refractivity contribution >= 4 is 29.2 Å². The van der Waals surface area contributed by atoms with Crippen LogP contribution in [0.2, 0.25) is 5.02 Å². The van der Waals surface area contributed by atoms with Crippen molar-refractivity contribution in [3.05, 3.63) is 82.9 Å². The second kappa shape index (κ2) is 11.6. The molecule has 0 aliphatic heterocycles. The van der Waals surface area contributed by atoms with Gasteiger partial charge in [0.1, 0.15) is 11.5 Å². The summed E-state index contributed by atoms with van der Waals surface area (Å²) in [7, 11) is 1.47. The molecule has 0 aliphatic carbocycles. The molecule has 0 aliphatic rings. The zero-order valence-electron chi connectivity index (χ0n) is 18.2. The molecule has 0 fully saturated rings. The molecule has 0 spiro atoms. The van der Waals surface area contributed by atoms with Gasteiger partial charge in [0.15, 0.2) is 18.1 Å². The summed E-state index contributed by atoms with van der Waals surface area (Å²) >= 11 is 5.92. The van der Waals surface area contributed by atoms with Crippen LogP contribution in [0.4, 0.5) is 0 Å². The smallest absolute Gasteiger partial charge is 0.349 e. The minimum Gasteiger partial charge on any atom is -0.494 e. The molecule has 0 saturated carbocycles. The molecule has 0 heterocycles.